The van der Waals surface area contributed by atoms with Gasteiger partial charge >= 0.3 is 0 Å². The third-order valence-corrected chi connectivity index (χ3v) is 4.35. The van der Waals surface area contributed by atoms with Gasteiger partial charge in [0.2, 0.25) is 0 Å². The molecule has 1 aromatic heterocycles. The van der Waals surface area contributed by atoms with Crippen LogP contribution in [0.4, 0.5) is 0 Å². The summed E-state index contributed by atoms with van der Waals surface area (Å²) in [4.78, 5) is 18.5. The average Bonchev–Trinajstić information content (AvgIpc) is 2.95. The Balaban J connectivity index is 2.26. The Kier molecular flexibility index (Phi) is 4.95. The molecule has 1 aromatic rings. The molecular weight excluding hydrogens is 274 g/mol. The molecule has 0 fully saturated rings. The van der Waals surface area contributed by atoms with Crippen LogP contribution in [-0.4, -0.2) is 23.2 Å². The minimum absolute atomic E-state index is 0.0487. The topological polar surface area (TPSA) is 58.9 Å². The number of ketones is 1. The lowest BCUT2D eigenvalue weighted by atomic mass is 9.84. The van der Waals surface area contributed by atoms with Crippen LogP contribution in [0, 0.1) is 0 Å². The fourth-order valence-corrected chi connectivity index (χ4v) is 3.21. The maximum absolute atomic E-state index is 12.3. The van der Waals surface area contributed by atoms with Crippen molar-refractivity contribution in [1.82, 2.24) is 0 Å². The lowest BCUT2D eigenvalue weighted by molar-refractivity contribution is -0.116. The lowest BCUT2D eigenvalue weighted by Crippen LogP contribution is -2.23. The van der Waals surface area contributed by atoms with Gasteiger partial charge in [0.25, 0.3) is 0 Å². The first-order chi connectivity index (χ1) is 9.67. The molecule has 0 aromatic carbocycles. The van der Waals surface area contributed by atoms with Crippen molar-refractivity contribution >= 4 is 22.8 Å². The second kappa shape index (κ2) is 6.70. The van der Waals surface area contributed by atoms with Crippen molar-refractivity contribution < 1.29 is 14.7 Å². The van der Waals surface area contributed by atoms with Crippen LogP contribution in [0.25, 0.3) is 0 Å². The van der Waals surface area contributed by atoms with Crippen LogP contribution in [0.2, 0.25) is 0 Å². The number of hydrogen-bond donors (Lipinski definition) is 1. The van der Waals surface area contributed by atoms with E-state index in [0.717, 1.165) is 4.88 Å². The molecule has 1 unspecified atom stereocenters. The molecule has 4 nitrogen and oxygen atoms in total. The Morgan fingerprint density at radius 3 is 2.85 bits per heavy atom. The highest BCUT2D eigenvalue weighted by Gasteiger charge is 2.31. The van der Waals surface area contributed by atoms with Gasteiger partial charge in [0.05, 0.1) is 11.3 Å². The van der Waals surface area contributed by atoms with E-state index in [1.165, 1.54) is 0 Å². The predicted octanol–water partition coefficient (Wildman–Crippen LogP) is 3.81. The normalized spacial score (nSPS) is 20.4. The highest BCUT2D eigenvalue weighted by molar-refractivity contribution is 7.10. The molecule has 1 N–H and O–H groups in total. The van der Waals surface area contributed by atoms with Crippen LogP contribution in [-0.2, 0) is 9.63 Å². The van der Waals surface area contributed by atoms with E-state index >= 15 is 0 Å². The molecule has 2 rings (SSSR count). The van der Waals surface area contributed by atoms with Crippen molar-refractivity contribution in [2.75, 3.05) is 6.61 Å². The molecule has 0 amide bonds. The number of aliphatic hydroxyl groups excluding tert-OH is 1. The smallest absolute Gasteiger partial charge is 0.168 e. The van der Waals surface area contributed by atoms with E-state index in [2.05, 4.69) is 5.16 Å². The van der Waals surface area contributed by atoms with Crippen molar-refractivity contribution in [2.24, 2.45) is 5.16 Å². The van der Waals surface area contributed by atoms with Crippen molar-refractivity contribution in [2.45, 2.75) is 39.0 Å². The Hall–Kier alpha value is -1.62. The van der Waals surface area contributed by atoms with Gasteiger partial charge in [0.15, 0.2) is 5.78 Å². The summed E-state index contributed by atoms with van der Waals surface area (Å²) in [7, 11) is 0. The monoisotopic (exact) mass is 293 g/mol. The summed E-state index contributed by atoms with van der Waals surface area (Å²) >= 11 is 1.62. The first-order valence-corrected chi connectivity index (χ1v) is 7.73. The minimum atomic E-state index is -0.0487. The Morgan fingerprint density at radius 1 is 1.50 bits per heavy atom. The molecule has 1 aliphatic rings. The fourth-order valence-electron chi connectivity index (χ4n) is 2.38. The zero-order chi connectivity index (χ0) is 14.5. The fraction of sp³-hybridized carbons (Fsp3) is 0.467. The summed E-state index contributed by atoms with van der Waals surface area (Å²) < 4.78 is 0. The molecule has 0 spiro atoms. The number of carbonyl (C=O) groups is 1. The minimum Gasteiger partial charge on any atom is -0.511 e. The molecule has 5 heteroatoms. The first kappa shape index (κ1) is 14.8. The highest BCUT2D eigenvalue weighted by Crippen LogP contribution is 2.36. The number of thiophene rings is 1. The Morgan fingerprint density at radius 2 is 2.30 bits per heavy atom. The third kappa shape index (κ3) is 3.10. The number of allylic oxidation sites excluding steroid dienone is 2. The Labute approximate surface area is 122 Å². The van der Waals surface area contributed by atoms with E-state index in [4.69, 9.17) is 4.84 Å². The molecule has 0 aliphatic heterocycles. The zero-order valence-electron chi connectivity index (χ0n) is 11.8. The summed E-state index contributed by atoms with van der Waals surface area (Å²) in [5.41, 5.74) is 0.896. The molecule has 20 heavy (non-hydrogen) atoms. The third-order valence-electron chi connectivity index (χ3n) is 3.31. The van der Waals surface area contributed by atoms with E-state index < -0.39 is 0 Å². The summed E-state index contributed by atoms with van der Waals surface area (Å²) in [5.74, 6) is 0.170. The van der Waals surface area contributed by atoms with E-state index in [9.17, 15) is 9.90 Å². The van der Waals surface area contributed by atoms with Gasteiger partial charge in [-0.2, -0.15) is 0 Å². The van der Waals surface area contributed by atoms with Gasteiger partial charge in [-0.1, -0.05) is 18.1 Å². The number of oxime groups is 1. The number of rotatable bonds is 5. The van der Waals surface area contributed by atoms with Crippen LogP contribution in [0.1, 0.15) is 43.9 Å². The maximum Gasteiger partial charge on any atom is 0.168 e. The second-order valence-corrected chi connectivity index (χ2v) is 5.65. The van der Waals surface area contributed by atoms with Crippen LogP contribution in [0.3, 0.4) is 0 Å². The largest absolute Gasteiger partial charge is 0.511 e. The molecule has 0 radical (unpaired) electrons. The van der Waals surface area contributed by atoms with Crippen molar-refractivity contribution in [3.8, 4) is 0 Å². The number of hydrogen-bond acceptors (Lipinski definition) is 5. The zero-order valence-corrected chi connectivity index (χ0v) is 12.6. The SMILES string of the molecule is CCO/N=C(\CC)C1=C(O)CC(c2cccs2)CC1=O. The molecule has 108 valence electrons. The number of carbonyl (C=O) groups excluding carboxylic acids is 1. The quantitative estimate of drug-likeness (QED) is 0.663. The van der Waals surface area contributed by atoms with Crippen molar-refractivity contribution in [3.63, 3.8) is 0 Å². The van der Waals surface area contributed by atoms with Gasteiger partial charge < -0.3 is 9.94 Å². The Bertz CT molecular complexity index is 531. The summed E-state index contributed by atoms with van der Waals surface area (Å²) in [6.07, 6.45) is 1.48. The van der Waals surface area contributed by atoms with Gasteiger partial charge in [0.1, 0.15) is 12.4 Å². The number of nitrogens with zero attached hydrogens (tertiary/aromatic N) is 1. The van der Waals surface area contributed by atoms with E-state index in [0.29, 0.717) is 37.2 Å². The van der Waals surface area contributed by atoms with Gasteiger partial charge in [-0.05, 0) is 24.8 Å². The summed E-state index contributed by atoms with van der Waals surface area (Å²) in [6.45, 7) is 4.18. The highest BCUT2D eigenvalue weighted by atomic mass is 32.1. The van der Waals surface area contributed by atoms with Crippen molar-refractivity contribution in [3.05, 3.63) is 33.7 Å². The average molecular weight is 293 g/mol. The van der Waals surface area contributed by atoms with Crippen molar-refractivity contribution in [1.29, 1.82) is 0 Å². The summed E-state index contributed by atoms with van der Waals surface area (Å²) in [5, 5.41) is 16.2. The van der Waals surface area contributed by atoms with Gasteiger partial charge in [0, 0.05) is 23.6 Å². The van der Waals surface area contributed by atoms with E-state index in [-0.39, 0.29) is 17.5 Å². The van der Waals surface area contributed by atoms with Gasteiger partial charge in [-0.25, -0.2) is 0 Å². The molecule has 0 bridgehead atoms. The van der Waals surface area contributed by atoms with Gasteiger partial charge in [-0.15, -0.1) is 11.3 Å². The van der Waals surface area contributed by atoms with Crippen LogP contribution >= 0.6 is 11.3 Å². The second-order valence-electron chi connectivity index (χ2n) is 4.67. The van der Waals surface area contributed by atoms with E-state index in [1.807, 2.05) is 31.4 Å². The van der Waals surface area contributed by atoms with E-state index in [1.54, 1.807) is 11.3 Å². The summed E-state index contributed by atoms with van der Waals surface area (Å²) in [6, 6.07) is 3.98. The van der Waals surface area contributed by atoms with Gasteiger partial charge in [-0.3, -0.25) is 4.79 Å². The lowest BCUT2D eigenvalue weighted by Gasteiger charge is -2.22. The number of Topliss-reactive ketones (excluding diaryl/α,β-unsaturated/α-hetero) is 1. The molecular formula is C15H19NO3S. The first-order valence-electron chi connectivity index (χ1n) is 6.85. The molecule has 0 saturated heterocycles. The standard InChI is InChI=1S/C15H19NO3S/c1-3-11(16-19-4-2)15-12(17)8-10(9-13(15)18)14-6-5-7-20-14/h5-7,10,17H,3-4,8-9H2,1-2H3/b16-11+. The molecule has 1 heterocycles. The molecule has 1 aliphatic carbocycles. The van der Waals surface area contributed by atoms with Crippen LogP contribution in [0.5, 0.6) is 0 Å². The maximum atomic E-state index is 12.3. The molecule has 0 saturated carbocycles. The van der Waals surface area contributed by atoms with Crippen LogP contribution < -0.4 is 0 Å². The molecule has 1 atom stereocenters. The predicted molar refractivity (Wildman–Crippen MR) is 80.3 cm³/mol. The van der Waals surface area contributed by atoms with Crippen LogP contribution in [0.15, 0.2) is 34.0 Å². The number of aliphatic hydroxyl groups is 1.